The minimum absolute atomic E-state index is 0.0124. The van der Waals surface area contributed by atoms with Gasteiger partial charge in [0, 0.05) is 18.5 Å². The van der Waals surface area contributed by atoms with Crippen LogP contribution >= 0.6 is 11.2 Å². The van der Waals surface area contributed by atoms with Gasteiger partial charge in [0.15, 0.2) is 0 Å². The molecule has 0 spiro atoms. The Bertz CT molecular complexity index is 1120. The number of rotatable bonds is 8. The summed E-state index contributed by atoms with van der Waals surface area (Å²) in [5, 5.41) is 9.58. The van der Waals surface area contributed by atoms with Gasteiger partial charge in [0.2, 0.25) is 22.9 Å². The Morgan fingerprint density at radius 1 is 1.13 bits per heavy atom. The fourth-order valence-corrected chi connectivity index (χ4v) is 5.85. The van der Waals surface area contributed by atoms with Gasteiger partial charge in [-0.1, -0.05) is 32.9 Å². The predicted octanol–water partition coefficient (Wildman–Crippen LogP) is 6.25. The maximum Gasteiger partial charge on any atom is 0.407 e. The van der Waals surface area contributed by atoms with Crippen molar-refractivity contribution in [2.75, 3.05) is 26.4 Å². The van der Waals surface area contributed by atoms with Crippen LogP contribution < -0.4 is 9.47 Å². The van der Waals surface area contributed by atoms with Gasteiger partial charge >= 0.3 is 6.09 Å². The fourth-order valence-electron chi connectivity index (χ4n) is 5.09. The largest absolute Gasteiger partial charge is 0.477 e. The van der Waals surface area contributed by atoms with Gasteiger partial charge < -0.3 is 19.5 Å². The number of hydrogen-bond acceptors (Lipinski definition) is 9. The highest BCUT2D eigenvalue weighted by molar-refractivity contribution is 8.16. The lowest BCUT2D eigenvalue weighted by atomic mass is 9.76. The molecular weight excluding hydrogens is 526 g/mol. The summed E-state index contributed by atoms with van der Waals surface area (Å²) in [6.07, 6.45) is 4.13. The molecule has 3 heterocycles. The molecule has 0 saturated carbocycles. The van der Waals surface area contributed by atoms with Crippen molar-refractivity contribution in [2.24, 2.45) is 11.3 Å². The molecule has 2 saturated heterocycles. The number of amides is 1. The summed E-state index contributed by atoms with van der Waals surface area (Å²) in [6, 6.07) is 7.39. The van der Waals surface area contributed by atoms with E-state index in [1.807, 2.05) is 31.2 Å². The van der Waals surface area contributed by atoms with Crippen molar-refractivity contribution in [3.8, 4) is 17.5 Å². The first kappa shape index (κ1) is 29.3. The molecule has 0 bridgehead atoms. The lowest BCUT2D eigenvalue weighted by Crippen LogP contribution is -2.51. The smallest absolute Gasteiger partial charge is 0.407 e. The summed E-state index contributed by atoms with van der Waals surface area (Å²) in [4.78, 5) is 21.8. The topological polar surface area (TPSA) is 144 Å². The molecule has 2 unspecified atom stereocenters. The molecule has 1 amide bonds. The third kappa shape index (κ3) is 7.73. The second-order valence-corrected chi connectivity index (χ2v) is 12.6. The number of piperidine rings is 1. The Hall–Kier alpha value is -2.64. The zero-order chi connectivity index (χ0) is 28.2. The molecular formula is C27H39N3O8S. The van der Waals surface area contributed by atoms with Gasteiger partial charge in [0.25, 0.3) is 0 Å². The number of benzene rings is 1. The Kier molecular flexibility index (Phi) is 9.22. The van der Waals surface area contributed by atoms with E-state index in [1.54, 1.807) is 4.90 Å². The van der Waals surface area contributed by atoms with Crippen LogP contribution in [0, 0.1) is 18.3 Å². The summed E-state index contributed by atoms with van der Waals surface area (Å²) in [7, 11) is 0. The van der Waals surface area contributed by atoms with Gasteiger partial charge in [0.1, 0.15) is 12.1 Å². The molecule has 2 fully saturated rings. The summed E-state index contributed by atoms with van der Waals surface area (Å²) in [6.45, 7) is 9.55. The molecule has 12 heteroatoms. The van der Waals surface area contributed by atoms with E-state index in [2.05, 4.69) is 30.7 Å². The molecule has 4 rings (SSSR count). The Balaban J connectivity index is 1.27. The van der Waals surface area contributed by atoms with E-state index in [1.165, 1.54) is 6.33 Å². The number of ether oxygens (including phenoxy) is 2. The number of carbonyl (C=O) groups is 1. The molecule has 1 aromatic carbocycles. The highest BCUT2D eigenvalue weighted by Crippen LogP contribution is 2.46. The fraction of sp³-hybridized carbons (Fsp3) is 0.593. The molecule has 11 nitrogen and oxygen atoms in total. The number of nitrogens with zero attached hydrogens (tertiary/aromatic N) is 3. The zero-order valence-electron chi connectivity index (χ0n) is 22.9. The maximum atomic E-state index is 11.7. The second kappa shape index (κ2) is 12.3. The van der Waals surface area contributed by atoms with E-state index < -0.39 is 17.2 Å². The van der Waals surface area contributed by atoms with Crippen LogP contribution in [0.5, 0.6) is 17.5 Å². The normalized spacial score (nSPS) is 22.8. The van der Waals surface area contributed by atoms with Crippen LogP contribution in [-0.4, -0.2) is 67.6 Å². The molecule has 2 aliphatic rings. The van der Waals surface area contributed by atoms with Crippen molar-refractivity contribution >= 4 is 17.2 Å². The summed E-state index contributed by atoms with van der Waals surface area (Å²) < 4.78 is 40.7. The van der Waals surface area contributed by atoms with E-state index in [-0.39, 0.29) is 30.6 Å². The third-order valence-corrected chi connectivity index (χ3v) is 8.24. The predicted molar refractivity (Wildman–Crippen MR) is 146 cm³/mol. The first-order valence-corrected chi connectivity index (χ1v) is 14.6. The molecule has 2 aliphatic heterocycles. The van der Waals surface area contributed by atoms with Crippen LogP contribution in [0.3, 0.4) is 0 Å². The van der Waals surface area contributed by atoms with Crippen LogP contribution in [0.15, 0.2) is 30.6 Å². The zero-order valence-corrected chi connectivity index (χ0v) is 23.7. The van der Waals surface area contributed by atoms with Gasteiger partial charge in [-0.05, 0) is 61.6 Å². The van der Waals surface area contributed by atoms with Gasteiger partial charge in [-0.25, -0.2) is 14.8 Å². The molecule has 0 radical (unpaired) electrons. The molecule has 216 valence electrons. The lowest BCUT2D eigenvalue weighted by Gasteiger charge is -2.44. The monoisotopic (exact) mass is 565 g/mol. The van der Waals surface area contributed by atoms with E-state index in [9.17, 15) is 19.0 Å². The summed E-state index contributed by atoms with van der Waals surface area (Å²) in [5.74, 6) is 1.82. The van der Waals surface area contributed by atoms with Crippen LogP contribution in [0.2, 0.25) is 0 Å². The van der Waals surface area contributed by atoms with Gasteiger partial charge in [-0.2, -0.15) is 0 Å². The van der Waals surface area contributed by atoms with Gasteiger partial charge in [-0.3, -0.25) is 17.5 Å². The maximum absolute atomic E-state index is 11.7. The molecule has 2 aromatic rings. The average Bonchev–Trinajstić information content (AvgIpc) is 2.88. The quantitative estimate of drug-likeness (QED) is 0.314. The number of likely N-dealkylation sites (tertiary alicyclic amines) is 1. The second-order valence-electron chi connectivity index (χ2n) is 11.2. The van der Waals surface area contributed by atoms with E-state index in [0.717, 1.165) is 31.2 Å². The standard InChI is InChI=1S/C27H39N3O8S/c1-18-24(35-13-5-6-19-11-12-30(26(31)32)23(14-19)27(2,3)4)28-17-29-25(18)38-22-9-7-20(8-10-22)21-15-36-39(33,34)37-16-21/h7-10,17,19,21,23,33-34H,5-6,11-16H2,1-4H3,(H,31,32). The summed E-state index contributed by atoms with van der Waals surface area (Å²) >= 11 is -3.38. The highest BCUT2D eigenvalue weighted by Gasteiger charge is 2.38. The molecule has 1 aromatic heterocycles. The first-order chi connectivity index (χ1) is 18.4. The van der Waals surface area contributed by atoms with Crippen molar-refractivity contribution in [3.63, 3.8) is 0 Å². The molecule has 39 heavy (non-hydrogen) atoms. The van der Waals surface area contributed by atoms with Crippen LogP contribution in [0.25, 0.3) is 0 Å². The number of hydrogen-bond donors (Lipinski definition) is 3. The van der Waals surface area contributed by atoms with Gasteiger partial charge in [-0.15, -0.1) is 0 Å². The van der Waals surface area contributed by atoms with Crippen molar-refractivity contribution in [2.45, 2.75) is 65.3 Å². The van der Waals surface area contributed by atoms with E-state index in [0.29, 0.717) is 42.1 Å². The van der Waals surface area contributed by atoms with Crippen LogP contribution in [-0.2, 0) is 8.37 Å². The van der Waals surface area contributed by atoms with Crippen molar-refractivity contribution in [1.82, 2.24) is 14.9 Å². The van der Waals surface area contributed by atoms with E-state index in [4.69, 9.17) is 17.8 Å². The highest BCUT2D eigenvalue weighted by atomic mass is 32.3. The average molecular weight is 566 g/mol. The van der Waals surface area contributed by atoms with Crippen molar-refractivity contribution in [3.05, 3.63) is 41.7 Å². The van der Waals surface area contributed by atoms with Crippen LogP contribution in [0.4, 0.5) is 4.79 Å². The van der Waals surface area contributed by atoms with E-state index >= 15 is 0 Å². The van der Waals surface area contributed by atoms with Crippen molar-refractivity contribution in [1.29, 1.82) is 0 Å². The molecule has 2 atom stereocenters. The summed E-state index contributed by atoms with van der Waals surface area (Å²) in [5.41, 5.74) is 1.53. The molecule has 0 aliphatic carbocycles. The Labute approximate surface area is 231 Å². The van der Waals surface area contributed by atoms with Gasteiger partial charge in [0.05, 0.1) is 25.4 Å². The Morgan fingerprint density at radius 3 is 2.44 bits per heavy atom. The van der Waals surface area contributed by atoms with Crippen LogP contribution in [0.1, 0.15) is 63.5 Å². The first-order valence-electron chi connectivity index (χ1n) is 13.2. The third-order valence-electron chi connectivity index (χ3n) is 7.36. The SMILES string of the molecule is Cc1c(OCCCC2CCN(C(=O)O)C(C(C)(C)C)C2)ncnc1Oc1ccc(C2COS(O)(O)OC2)cc1. The Morgan fingerprint density at radius 2 is 1.79 bits per heavy atom. The molecule has 3 N–H and O–H groups in total. The van der Waals surface area contributed by atoms with Crippen molar-refractivity contribution < 1.29 is 36.8 Å². The number of aromatic nitrogens is 2. The lowest BCUT2D eigenvalue weighted by molar-refractivity contribution is 0.0379. The minimum Gasteiger partial charge on any atom is -0.477 e. The minimum atomic E-state index is -3.38. The number of carboxylic acid groups (broad SMARTS) is 1.